The average molecular weight is 367 g/mol. The van der Waals surface area contributed by atoms with E-state index in [-0.39, 0.29) is 4.90 Å². The summed E-state index contributed by atoms with van der Waals surface area (Å²) in [5, 5.41) is 3.83. The van der Waals surface area contributed by atoms with Gasteiger partial charge in [0.25, 0.3) is 10.0 Å². The molecule has 2 aromatic rings. The molecule has 6 heteroatoms. The van der Waals surface area contributed by atoms with Crippen molar-refractivity contribution in [1.29, 1.82) is 0 Å². The summed E-state index contributed by atoms with van der Waals surface area (Å²) in [5.41, 5.74) is 2.36. The first kappa shape index (κ1) is 15.7. The Balaban J connectivity index is 2.23. The molecular weight excluding hydrogens is 352 g/mol. The molecule has 0 heterocycles. The Morgan fingerprint density at radius 1 is 1.14 bits per heavy atom. The molecule has 0 bridgehead atoms. The van der Waals surface area contributed by atoms with Crippen LogP contribution in [0.4, 0.5) is 0 Å². The predicted molar refractivity (Wildman–Crippen MR) is 88.0 cm³/mol. The predicted octanol–water partition coefficient (Wildman–Crippen LogP) is 3.38. The van der Waals surface area contributed by atoms with Gasteiger partial charge in [0.2, 0.25) is 0 Å². The largest absolute Gasteiger partial charge is 0.276 e. The van der Waals surface area contributed by atoms with Crippen molar-refractivity contribution in [2.24, 2.45) is 5.10 Å². The van der Waals surface area contributed by atoms with Crippen LogP contribution < -0.4 is 4.83 Å². The Kier molecular flexibility index (Phi) is 4.80. The maximum Gasteiger partial charge on any atom is 0.276 e. The second-order valence-electron chi connectivity index (χ2n) is 4.64. The SMILES string of the molecule is Cc1ccc(C)c(S(=O)(=O)N/N=C\c2ccccc2Br)c1. The van der Waals surface area contributed by atoms with Crippen LogP contribution in [0.15, 0.2) is 56.9 Å². The molecule has 0 aliphatic rings. The summed E-state index contributed by atoms with van der Waals surface area (Å²) in [4.78, 5) is 2.48. The van der Waals surface area contributed by atoms with Crippen molar-refractivity contribution in [3.05, 3.63) is 63.6 Å². The first-order valence-electron chi connectivity index (χ1n) is 6.27. The van der Waals surface area contributed by atoms with E-state index in [0.717, 1.165) is 15.6 Å². The van der Waals surface area contributed by atoms with Crippen LogP contribution in [0.3, 0.4) is 0 Å². The Hall–Kier alpha value is -1.66. The molecule has 0 aromatic heterocycles. The number of sulfonamides is 1. The second kappa shape index (κ2) is 6.41. The zero-order chi connectivity index (χ0) is 15.5. The number of aryl methyl sites for hydroxylation is 2. The minimum atomic E-state index is -3.66. The van der Waals surface area contributed by atoms with E-state index in [0.29, 0.717) is 5.56 Å². The summed E-state index contributed by atoms with van der Waals surface area (Å²) in [5.74, 6) is 0. The molecule has 0 unspecified atom stereocenters. The van der Waals surface area contributed by atoms with Crippen molar-refractivity contribution in [1.82, 2.24) is 4.83 Å². The highest BCUT2D eigenvalue weighted by Gasteiger charge is 2.15. The Morgan fingerprint density at radius 3 is 2.57 bits per heavy atom. The van der Waals surface area contributed by atoms with E-state index in [1.54, 1.807) is 19.1 Å². The third-order valence-electron chi connectivity index (χ3n) is 2.91. The van der Waals surface area contributed by atoms with Gasteiger partial charge in [-0.2, -0.15) is 13.5 Å². The maximum absolute atomic E-state index is 12.2. The van der Waals surface area contributed by atoms with Gasteiger partial charge >= 0.3 is 0 Å². The summed E-state index contributed by atoms with van der Waals surface area (Å²) >= 11 is 3.37. The van der Waals surface area contributed by atoms with Crippen LogP contribution in [0.5, 0.6) is 0 Å². The van der Waals surface area contributed by atoms with Crippen molar-refractivity contribution >= 4 is 32.2 Å². The zero-order valence-corrected chi connectivity index (χ0v) is 14.1. The minimum Gasteiger partial charge on any atom is -0.200 e. The normalized spacial score (nSPS) is 11.8. The smallest absolute Gasteiger partial charge is 0.200 e. The number of nitrogens with one attached hydrogen (secondary N) is 1. The molecule has 1 N–H and O–H groups in total. The van der Waals surface area contributed by atoms with E-state index in [1.807, 2.05) is 37.3 Å². The van der Waals surface area contributed by atoms with Gasteiger partial charge in [0.05, 0.1) is 11.1 Å². The summed E-state index contributed by atoms with van der Waals surface area (Å²) in [6.07, 6.45) is 1.47. The van der Waals surface area contributed by atoms with E-state index in [1.165, 1.54) is 6.21 Å². The highest BCUT2D eigenvalue weighted by Crippen LogP contribution is 2.17. The van der Waals surface area contributed by atoms with Crippen LogP contribution in [-0.2, 0) is 10.0 Å². The zero-order valence-electron chi connectivity index (χ0n) is 11.7. The van der Waals surface area contributed by atoms with E-state index in [4.69, 9.17) is 0 Å². The maximum atomic E-state index is 12.2. The molecule has 0 atom stereocenters. The van der Waals surface area contributed by atoms with Crippen LogP contribution in [-0.4, -0.2) is 14.6 Å². The number of nitrogens with zero attached hydrogens (tertiary/aromatic N) is 1. The third kappa shape index (κ3) is 3.92. The third-order valence-corrected chi connectivity index (χ3v) is 5.00. The fraction of sp³-hybridized carbons (Fsp3) is 0.133. The molecule has 21 heavy (non-hydrogen) atoms. The van der Waals surface area contributed by atoms with Gasteiger partial charge in [0, 0.05) is 10.0 Å². The number of halogens is 1. The van der Waals surface area contributed by atoms with Crippen LogP contribution in [0.2, 0.25) is 0 Å². The molecule has 4 nitrogen and oxygen atoms in total. The van der Waals surface area contributed by atoms with Gasteiger partial charge in [-0.05, 0) is 37.1 Å². The molecule has 0 saturated carbocycles. The Labute approximate surface area is 133 Å². The standard InChI is InChI=1S/C15H15BrN2O2S/c1-11-7-8-12(2)15(9-11)21(19,20)18-17-10-13-5-3-4-6-14(13)16/h3-10,18H,1-2H3/b17-10-. The number of hydrogen-bond donors (Lipinski definition) is 1. The Bertz CT molecular complexity index is 786. The fourth-order valence-corrected chi connectivity index (χ4v) is 3.30. The van der Waals surface area contributed by atoms with Crippen LogP contribution in [0, 0.1) is 13.8 Å². The lowest BCUT2D eigenvalue weighted by Crippen LogP contribution is -2.19. The molecule has 2 rings (SSSR count). The summed E-state index contributed by atoms with van der Waals surface area (Å²) in [6, 6.07) is 12.7. The lowest BCUT2D eigenvalue weighted by molar-refractivity contribution is 0.584. The molecule has 0 aliphatic heterocycles. The van der Waals surface area contributed by atoms with Crippen molar-refractivity contribution < 1.29 is 8.42 Å². The fourth-order valence-electron chi connectivity index (χ4n) is 1.79. The highest BCUT2D eigenvalue weighted by molar-refractivity contribution is 9.10. The number of hydrogen-bond acceptors (Lipinski definition) is 3. The first-order valence-corrected chi connectivity index (χ1v) is 8.54. The molecule has 0 amide bonds. The molecular formula is C15H15BrN2O2S. The monoisotopic (exact) mass is 366 g/mol. The molecule has 110 valence electrons. The number of rotatable bonds is 4. The van der Waals surface area contributed by atoms with Crippen LogP contribution >= 0.6 is 15.9 Å². The van der Waals surface area contributed by atoms with E-state index in [2.05, 4.69) is 25.9 Å². The van der Waals surface area contributed by atoms with Gasteiger partial charge in [0.15, 0.2) is 0 Å². The van der Waals surface area contributed by atoms with Gasteiger partial charge in [-0.25, -0.2) is 4.83 Å². The molecule has 0 aliphatic carbocycles. The van der Waals surface area contributed by atoms with Gasteiger partial charge in [-0.15, -0.1) is 0 Å². The topological polar surface area (TPSA) is 58.5 Å². The molecule has 0 saturated heterocycles. The lowest BCUT2D eigenvalue weighted by Gasteiger charge is -2.07. The number of hydrazone groups is 1. The highest BCUT2D eigenvalue weighted by atomic mass is 79.9. The van der Waals surface area contributed by atoms with E-state index < -0.39 is 10.0 Å². The summed E-state index contributed by atoms with van der Waals surface area (Å²) < 4.78 is 25.3. The van der Waals surface area contributed by atoms with Gasteiger partial charge in [-0.1, -0.05) is 46.3 Å². The van der Waals surface area contributed by atoms with Crippen LogP contribution in [0.1, 0.15) is 16.7 Å². The van der Waals surface area contributed by atoms with Gasteiger partial charge in [0.1, 0.15) is 0 Å². The summed E-state index contributed by atoms with van der Waals surface area (Å²) in [6.45, 7) is 3.61. The van der Waals surface area contributed by atoms with Crippen LogP contribution in [0.25, 0.3) is 0 Å². The Morgan fingerprint density at radius 2 is 1.86 bits per heavy atom. The average Bonchev–Trinajstić information content (AvgIpc) is 2.43. The van der Waals surface area contributed by atoms with E-state index in [9.17, 15) is 8.42 Å². The van der Waals surface area contributed by atoms with Crippen molar-refractivity contribution in [3.8, 4) is 0 Å². The molecule has 0 fully saturated rings. The lowest BCUT2D eigenvalue weighted by atomic mass is 10.2. The quantitative estimate of drug-likeness (QED) is 0.665. The molecule has 0 spiro atoms. The van der Waals surface area contributed by atoms with E-state index >= 15 is 0 Å². The first-order chi connectivity index (χ1) is 9.90. The van der Waals surface area contributed by atoms with Gasteiger partial charge < -0.3 is 0 Å². The van der Waals surface area contributed by atoms with Gasteiger partial charge in [-0.3, -0.25) is 0 Å². The molecule has 0 radical (unpaired) electrons. The second-order valence-corrected chi connectivity index (χ2v) is 7.13. The summed E-state index contributed by atoms with van der Waals surface area (Å²) in [7, 11) is -3.66. The van der Waals surface area contributed by atoms with Crippen molar-refractivity contribution in [2.45, 2.75) is 18.7 Å². The van der Waals surface area contributed by atoms with Crippen molar-refractivity contribution in [2.75, 3.05) is 0 Å². The number of benzene rings is 2. The van der Waals surface area contributed by atoms with Crippen molar-refractivity contribution in [3.63, 3.8) is 0 Å². The molecule has 2 aromatic carbocycles. The minimum absolute atomic E-state index is 0.242.